The maximum atomic E-state index is 14.9. The Kier molecular flexibility index (Phi) is 39.9. The SMILES string of the molecule is CCCCCC(=O)N[C@H]1CSCc2cc(cc(CN3CCN(C(=O)CN4CCN(CC(=O)O)CCN(CC(=O)O)CCN(CC(=O)O)CC4)CC3)c2)CSC[C@@H](C(=O)N[C@@H](CC(=O)O)C(N)=O)NC(=O)[C@H](Cc2ccccc2)NC(=O)[C@H](CCC(N)=O)NC(=O)[C@H]([C@@H](C)O)NC(=O)[C@@H]2CCCN2C(=O)[C@@H]2CCCN2C1.[Eu]. The summed E-state index contributed by atoms with van der Waals surface area (Å²) in [5.41, 5.74) is 14.2. The first-order chi connectivity index (χ1) is 52.5. The second-order valence-electron chi connectivity index (χ2n) is 28.9. The average Bonchev–Trinajstić information content (AvgIpc) is 1.74. The minimum atomic E-state index is -1.73. The number of aliphatic hydroxyl groups excluding tert-OH is 1. The van der Waals surface area contributed by atoms with Crippen LogP contribution in [-0.2, 0) is 91.6 Å². The summed E-state index contributed by atoms with van der Waals surface area (Å²) >= 11 is 2.75. The molecule has 4 fully saturated rings. The Balaban J connectivity index is 0.0000192. The van der Waals surface area contributed by atoms with Crippen LogP contribution in [0, 0.1) is 49.4 Å². The van der Waals surface area contributed by atoms with Gasteiger partial charge in [0.05, 0.1) is 50.8 Å². The van der Waals surface area contributed by atoms with Crippen molar-refractivity contribution in [2.24, 2.45) is 11.5 Å². The number of nitrogens with zero attached hydrogens (tertiary/aromatic N) is 8. The predicted octanol–water partition coefficient (Wildman–Crippen LogP) is -2.92. The van der Waals surface area contributed by atoms with Crippen LogP contribution >= 0.6 is 23.5 Å². The smallest absolute Gasteiger partial charge is 0.317 e. The summed E-state index contributed by atoms with van der Waals surface area (Å²) in [5.74, 6) is -11.4. The molecule has 0 saturated carbocycles. The Morgan fingerprint density at radius 3 is 1.68 bits per heavy atom. The third-order valence-corrected chi connectivity index (χ3v) is 22.3. The summed E-state index contributed by atoms with van der Waals surface area (Å²) in [6, 6.07) is 4.05. The average molecular weight is 1730 g/mol. The Labute approximate surface area is 695 Å². The second kappa shape index (κ2) is 47.6. The van der Waals surface area contributed by atoms with Crippen LogP contribution in [0.3, 0.4) is 0 Å². The first kappa shape index (κ1) is 92.9. The molecule has 4 saturated heterocycles. The van der Waals surface area contributed by atoms with Gasteiger partial charge >= 0.3 is 23.9 Å². The van der Waals surface area contributed by atoms with Crippen LogP contribution in [0.5, 0.6) is 0 Å². The van der Waals surface area contributed by atoms with Gasteiger partial charge in [-0.25, -0.2) is 0 Å². The molecular weight excluding hydrogens is 1620 g/mol. The Hall–Kier alpha value is -6.98. The number of unbranched alkanes of at least 4 members (excludes halogenated alkanes) is 2. The molecule has 2 bridgehead atoms. The van der Waals surface area contributed by atoms with Crippen molar-refractivity contribution < 1.29 is 142 Å². The molecule has 38 heteroatoms. The number of carbonyl (C=O) groups excluding carboxylic acids is 10. The number of amides is 10. The molecular formula is C73H110EuN16O19S2. The number of aliphatic carboxylic acids is 4. The van der Waals surface area contributed by atoms with Crippen molar-refractivity contribution in [3.8, 4) is 0 Å². The number of primary amides is 2. The Morgan fingerprint density at radius 2 is 1.13 bits per heavy atom. The molecule has 10 amide bonds. The van der Waals surface area contributed by atoms with Gasteiger partial charge in [-0.1, -0.05) is 68.3 Å². The van der Waals surface area contributed by atoms with Crippen molar-refractivity contribution in [3.63, 3.8) is 0 Å². The van der Waals surface area contributed by atoms with Gasteiger partial charge in [-0.3, -0.25) is 96.5 Å². The first-order valence-electron chi connectivity index (χ1n) is 37.7. The van der Waals surface area contributed by atoms with Crippen LogP contribution in [-0.4, -0.2) is 338 Å². The van der Waals surface area contributed by atoms with E-state index in [4.69, 9.17) is 11.5 Å². The van der Waals surface area contributed by atoms with E-state index in [2.05, 4.69) is 42.9 Å². The molecule has 0 spiro atoms. The number of piperazine rings is 1. The van der Waals surface area contributed by atoms with Crippen LogP contribution < -0.4 is 43.4 Å². The van der Waals surface area contributed by atoms with Gasteiger partial charge in [0.1, 0.15) is 36.3 Å². The molecule has 111 heavy (non-hydrogen) atoms. The van der Waals surface area contributed by atoms with Crippen molar-refractivity contribution in [3.05, 3.63) is 70.8 Å². The summed E-state index contributed by atoms with van der Waals surface area (Å²) < 4.78 is 0. The summed E-state index contributed by atoms with van der Waals surface area (Å²) in [6.45, 7) is 7.21. The van der Waals surface area contributed by atoms with Gasteiger partial charge in [0.2, 0.25) is 59.1 Å². The number of carbonyl (C=O) groups is 14. The minimum absolute atomic E-state index is 0. The molecule has 0 aliphatic carbocycles. The number of aliphatic hydroxyl groups is 1. The summed E-state index contributed by atoms with van der Waals surface area (Å²) in [7, 11) is 0. The molecule has 2 aromatic carbocycles. The van der Waals surface area contributed by atoms with Gasteiger partial charge in [-0.2, -0.15) is 23.5 Å². The first-order valence-corrected chi connectivity index (χ1v) is 40.0. The topological polar surface area (TPSA) is 490 Å². The third kappa shape index (κ3) is 32.1. The fourth-order valence-corrected chi connectivity index (χ4v) is 16.2. The summed E-state index contributed by atoms with van der Waals surface area (Å²) in [4.78, 5) is 203. The predicted molar refractivity (Wildman–Crippen MR) is 406 cm³/mol. The molecule has 7 rings (SSSR count). The molecule has 5 aliphatic heterocycles. The molecule has 15 N–H and O–H groups in total. The zero-order valence-electron chi connectivity index (χ0n) is 63.1. The second-order valence-corrected chi connectivity index (χ2v) is 30.9. The van der Waals surface area contributed by atoms with E-state index in [9.17, 15) is 92.7 Å². The van der Waals surface area contributed by atoms with Crippen molar-refractivity contribution >= 4 is 106 Å². The molecule has 615 valence electrons. The number of fused-ring (bicyclic) bond motifs is 4. The number of nitrogens with two attached hydrogens (primary N) is 2. The van der Waals surface area contributed by atoms with Gasteiger partial charge in [0, 0.05) is 190 Å². The van der Waals surface area contributed by atoms with E-state index < -0.39 is 139 Å². The van der Waals surface area contributed by atoms with E-state index in [-0.39, 0.29) is 183 Å². The van der Waals surface area contributed by atoms with Gasteiger partial charge in [0.25, 0.3) is 0 Å². The zero-order chi connectivity index (χ0) is 80.0. The number of carboxylic acid groups (broad SMARTS) is 4. The van der Waals surface area contributed by atoms with Gasteiger partial charge in [0.15, 0.2) is 0 Å². The molecule has 35 nitrogen and oxygen atoms in total. The van der Waals surface area contributed by atoms with Crippen molar-refractivity contribution in [2.75, 3.05) is 136 Å². The molecule has 0 aromatic heterocycles. The molecule has 2 aromatic rings. The van der Waals surface area contributed by atoms with Gasteiger partial charge in [-0.15, -0.1) is 0 Å². The van der Waals surface area contributed by atoms with Gasteiger partial charge < -0.3 is 78.7 Å². The van der Waals surface area contributed by atoms with Crippen molar-refractivity contribution in [1.29, 1.82) is 0 Å². The number of nitrogens with one attached hydrogen (secondary N) is 6. The number of carboxylic acids is 4. The zero-order valence-corrected chi connectivity index (χ0v) is 67.2. The van der Waals surface area contributed by atoms with Crippen LogP contribution in [0.2, 0.25) is 0 Å². The van der Waals surface area contributed by atoms with Crippen molar-refractivity contribution in [2.45, 2.75) is 163 Å². The maximum Gasteiger partial charge on any atom is 0.317 e. The Morgan fingerprint density at radius 1 is 0.586 bits per heavy atom. The van der Waals surface area contributed by atoms with Gasteiger partial charge in [-0.05, 0) is 74.2 Å². The van der Waals surface area contributed by atoms with E-state index in [1.165, 1.54) is 23.6 Å². The number of hydrogen-bond donors (Lipinski definition) is 13. The number of rotatable bonds is 26. The number of benzene rings is 2. The van der Waals surface area contributed by atoms with Crippen LogP contribution in [0.4, 0.5) is 0 Å². The quantitative estimate of drug-likeness (QED) is 0.0420. The maximum absolute atomic E-state index is 14.9. The van der Waals surface area contributed by atoms with Crippen LogP contribution in [0.15, 0.2) is 48.5 Å². The fourth-order valence-electron chi connectivity index (χ4n) is 14.2. The van der Waals surface area contributed by atoms with Crippen LogP contribution in [0.25, 0.3) is 0 Å². The normalized spacial score (nSPS) is 23.6. The van der Waals surface area contributed by atoms with E-state index in [1.807, 2.05) is 28.9 Å². The summed E-state index contributed by atoms with van der Waals surface area (Å²) in [6.07, 6.45) is 0.853. The van der Waals surface area contributed by atoms with E-state index >= 15 is 0 Å². The third-order valence-electron chi connectivity index (χ3n) is 20.0. The molecule has 5 heterocycles. The molecule has 0 unspecified atom stereocenters. The van der Waals surface area contributed by atoms with Crippen LogP contribution in [0.1, 0.15) is 107 Å². The Bertz CT molecular complexity index is 3480. The standard InChI is InChI=1S/C73H110N16O19S2.Eu/c1-3-4-6-15-60(92)76-52-38-88-18-9-14-58(88)73(108)89-19-10-13-57(89)71(106)81-66(47(2)90)72(107)77-53(16-17-59(74)91)68(103)79-55(35-48-11-7-5-8-12-48)69(104)80-56(70(105)78-54(67(75)102)36-62(94)95)46-110-44-51-33-49(32-50(34-51)43-109-45-52)37-82-28-30-87(31-29-82)61(93)39-83-20-22-84(40-63(96)97)24-26-86(42-65(100)101)27-25-85(23-21-83)41-64(98)99;/h5,7-8,11-12,32-34,47,52-58,66,90H,3-4,6,9-10,13-31,35-46H2,1-2H3,(H2,74,91)(H2,75,102)(H,76,92)(H,77,107)(H,78,105)(H,79,103)(H,80,104)(H,81,106)(H,94,95)(H,96,97)(H,98,99)(H,100,101);/t47-,52-,53+,54+,55+,56+,57+,58+,66+;/m1./s1. The minimum Gasteiger partial charge on any atom is -0.481 e. The van der Waals surface area contributed by atoms with E-state index in [0.717, 1.165) is 29.5 Å². The largest absolute Gasteiger partial charge is 0.481 e. The fraction of sp³-hybridized carbons (Fsp3) is 0.644. The number of hydrogen-bond acceptors (Lipinski definition) is 23. The number of thioether (sulfide) groups is 2. The molecule has 5 aliphatic rings. The molecule has 1 radical (unpaired) electrons. The van der Waals surface area contributed by atoms with E-state index in [1.54, 1.807) is 61.7 Å². The van der Waals surface area contributed by atoms with E-state index in [0.29, 0.717) is 88.6 Å². The van der Waals surface area contributed by atoms with Crippen molar-refractivity contribution in [1.82, 2.24) is 71.1 Å². The monoisotopic (exact) mass is 1730 g/mol. The summed E-state index contributed by atoms with van der Waals surface area (Å²) in [5, 5.41) is 66.1. The molecule has 9 atom stereocenters.